The van der Waals surface area contributed by atoms with Gasteiger partial charge in [-0.2, -0.15) is 0 Å². The average molecular weight is 667 g/mol. The van der Waals surface area contributed by atoms with Gasteiger partial charge in [-0.15, -0.1) is 0 Å². The third-order valence-corrected chi connectivity index (χ3v) is 11.3. The molecule has 4 heterocycles. The number of rotatable bonds is 6. The van der Waals surface area contributed by atoms with E-state index in [0.29, 0.717) is 39.0 Å². The van der Waals surface area contributed by atoms with E-state index in [0.717, 1.165) is 38.8 Å². The fourth-order valence-electron chi connectivity index (χ4n) is 8.37. The number of likely N-dealkylation sites (tertiary alicyclic amines) is 2. The van der Waals surface area contributed by atoms with Crippen molar-refractivity contribution in [2.45, 2.75) is 122 Å². The summed E-state index contributed by atoms with van der Waals surface area (Å²) in [4.78, 5) is 47.4. The Bertz CT molecular complexity index is 1080. The van der Waals surface area contributed by atoms with Gasteiger partial charge in [0, 0.05) is 44.7 Å². The molecule has 0 aromatic heterocycles. The topological polar surface area (TPSA) is 144 Å². The van der Waals surface area contributed by atoms with Crippen LogP contribution in [0.1, 0.15) is 80.1 Å². The van der Waals surface area contributed by atoms with Crippen LogP contribution in [-0.4, -0.2) is 140 Å². The molecule has 0 radical (unpaired) electrons. The lowest BCUT2D eigenvalue weighted by Crippen LogP contribution is -2.59. The number of ether oxygens (including phenoxy) is 4. The van der Waals surface area contributed by atoms with Crippen molar-refractivity contribution in [3.05, 3.63) is 0 Å². The third kappa shape index (κ3) is 8.93. The van der Waals surface area contributed by atoms with E-state index in [-0.39, 0.29) is 42.3 Å². The number of carbonyl (C=O) groups excluding carboxylic acids is 3. The van der Waals surface area contributed by atoms with Gasteiger partial charge in [-0.05, 0) is 98.2 Å². The van der Waals surface area contributed by atoms with E-state index in [9.17, 15) is 19.5 Å². The molecule has 4 aliphatic heterocycles. The van der Waals surface area contributed by atoms with Crippen molar-refractivity contribution in [1.29, 1.82) is 0 Å². The van der Waals surface area contributed by atoms with Crippen LogP contribution in [0, 0.1) is 23.2 Å². The number of nitrogens with two attached hydrogens (primary N) is 1. The zero-order chi connectivity index (χ0) is 34.7. The Kier molecular flexibility index (Phi) is 12.9. The molecule has 4 saturated heterocycles. The van der Waals surface area contributed by atoms with Crippen LogP contribution >= 0.6 is 0 Å². The number of piperidine rings is 1. The van der Waals surface area contributed by atoms with Crippen LogP contribution in [0.25, 0.3) is 0 Å². The molecule has 0 aliphatic carbocycles. The number of methoxy groups -OCH3 is 1. The predicted molar refractivity (Wildman–Crippen MR) is 177 cm³/mol. The van der Waals surface area contributed by atoms with E-state index in [1.165, 1.54) is 0 Å². The van der Waals surface area contributed by atoms with Crippen molar-refractivity contribution < 1.29 is 38.4 Å². The second-order valence-electron chi connectivity index (χ2n) is 15.7. The summed E-state index contributed by atoms with van der Waals surface area (Å²) in [7, 11) is 3.67. The zero-order valence-corrected chi connectivity index (χ0v) is 30.1. The van der Waals surface area contributed by atoms with E-state index in [2.05, 4.69) is 23.8 Å². The van der Waals surface area contributed by atoms with Crippen LogP contribution in [-0.2, 0) is 33.3 Å². The number of hydrogen-bond acceptors (Lipinski definition) is 11. The molecule has 4 fully saturated rings. The Morgan fingerprint density at radius 1 is 1.06 bits per heavy atom. The SMILES string of the molecule is CO[C@]1(C)C[C@@H](C)CN(C)[C@H](C2CCN(C(=O)CN3CCCC3)CC2)COC(=O)C(C)(C)C(=O)[C@H](C)[C@H]1O[C@@H]1O[C@H](C)C[C@H](N)[C@H]1O. The number of carbonyl (C=O) groups is 3. The van der Waals surface area contributed by atoms with Crippen LogP contribution in [0.15, 0.2) is 0 Å². The number of hydrogen-bond donors (Lipinski definition) is 2. The number of aliphatic hydroxyl groups excluding tert-OH is 1. The lowest BCUT2D eigenvalue weighted by molar-refractivity contribution is -0.288. The largest absolute Gasteiger partial charge is 0.463 e. The van der Waals surface area contributed by atoms with Gasteiger partial charge in [0.25, 0.3) is 0 Å². The number of Topliss-reactive ketones (excluding diaryl/α,β-unsaturated/α-hetero) is 1. The fraction of sp³-hybridized carbons (Fsp3) is 0.914. The monoisotopic (exact) mass is 666 g/mol. The molecule has 270 valence electrons. The third-order valence-electron chi connectivity index (χ3n) is 11.3. The first-order valence-electron chi connectivity index (χ1n) is 17.8. The smallest absolute Gasteiger partial charge is 0.319 e. The summed E-state index contributed by atoms with van der Waals surface area (Å²) < 4.78 is 24.7. The zero-order valence-electron chi connectivity index (χ0n) is 30.1. The maximum Gasteiger partial charge on any atom is 0.319 e. The highest BCUT2D eigenvalue weighted by Gasteiger charge is 2.51. The maximum absolute atomic E-state index is 14.2. The number of cyclic esters (lactones) is 1. The Morgan fingerprint density at radius 3 is 2.32 bits per heavy atom. The van der Waals surface area contributed by atoms with Crippen molar-refractivity contribution in [2.75, 3.05) is 60.0 Å². The molecule has 0 aromatic rings. The van der Waals surface area contributed by atoms with Gasteiger partial charge < -0.3 is 34.7 Å². The number of nitrogens with zero attached hydrogens (tertiary/aromatic N) is 3. The van der Waals surface area contributed by atoms with E-state index in [1.54, 1.807) is 27.9 Å². The molecule has 0 unspecified atom stereocenters. The van der Waals surface area contributed by atoms with Crippen molar-refractivity contribution in [2.24, 2.45) is 28.9 Å². The first-order chi connectivity index (χ1) is 22.1. The summed E-state index contributed by atoms with van der Waals surface area (Å²) in [5.74, 6) is -1.19. The minimum atomic E-state index is -1.46. The minimum Gasteiger partial charge on any atom is -0.463 e. The Hall–Kier alpha value is -1.67. The Morgan fingerprint density at radius 2 is 1.70 bits per heavy atom. The van der Waals surface area contributed by atoms with Crippen LogP contribution < -0.4 is 5.73 Å². The summed E-state index contributed by atoms with van der Waals surface area (Å²) in [6.07, 6.45) is 1.77. The van der Waals surface area contributed by atoms with E-state index >= 15 is 0 Å². The predicted octanol–water partition coefficient (Wildman–Crippen LogP) is 2.05. The molecule has 1 amide bonds. The van der Waals surface area contributed by atoms with Gasteiger partial charge in [-0.3, -0.25) is 24.2 Å². The number of esters is 1. The minimum absolute atomic E-state index is 0.0732. The van der Waals surface area contributed by atoms with E-state index in [1.807, 2.05) is 18.7 Å². The summed E-state index contributed by atoms with van der Waals surface area (Å²) in [6.45, 7) is 15.6. The van der Waals surface area contributed by atoms with Crippen molar-refractivity contribution in [3.8, 4) is 0 Å². The van der Waals surface area contributed by atoms with Crippen LogP contribution in [0.4, 0.5) is 0 Å². The molecular weight excluding hydrogens is 604 g/mol. The highest BCUT2D eigenvalue weighted by molar-refractivity contribution is 6.04. The number of likely N-dealkylation sites (N-methyl/N-ethyl adjacent to an activating group) is 1. The molecule has 4 rings (SSSR count). The van der Waals surface area contributed by atoms with Crippen molar-refractivity contribution in [3.63, 3.8) is 0 Å². The van der Waals surface area contributed by atoms with E-state index in [4.69, 9.17) is 24.7 Å². The normalized spacial score (nSPS) is 39.1. The van der Waals surface area contributed by atoms with E-state index < -0.39 is 47.4 Å². The molecule has 3 N–H and O–H groups in total. The van der Waals surface area contributed by atoms with Gasteiger partial charge in [-0.25, -0.2) is 0 Å². The second kappa shape index (κ2) is 15.9. The van der Waals surface area contributed by atoms with Crippen LogP contribution in [0.3, 0.4) is 0 Å². The van der Waals surface area contributed by atoms with Gasteiger partial charge in [0.15, 0.2) is 12.1 Å². The molecule has 0 spiro atoms. The van der Waals surface area contributed by atoms with Gasteiger partial charge in [0.2, 0.25) is 5.91 Å². The van der Waals surface area contributed by atoms with Crippen LogP contribution in [0.2, 0.25) is 0 Å². The number of amides is 1. The molecule has 12 nitrogen and oxygen atoms in total. The summed E-state index contributed by atoms with van der Waals surface area (Å²) >= 11 is 0. The molecule has 0 aromatic carbocycles. The molecule has 4 aliphatic rings. The molecular formula is C35H62N4O8. The first-order valence-corrected chi connectivity index (χ1v) is 17.8. The standard InChI is InChI=1S/C35H62N4O8/c1-22-18-35(6,44-8)31(47-32-29(41)26(36)17-23(2)46-32)24(3)30(42)34(4,5)33(43)45-21-27(37(7)19-22)25-11-15-39(16-12-25)28(40)20-38-13-9-10-14-38/h22-27,29,31-32,41H,9-21,36H2,1-8H3/t22-,23-,24+,26+,27+,29-,31-,32+,35-/m1/s1. The van der Waals surface area contributed by atoms with Gasteiger partial charge >= 0.3 is 5.97 Å². The maximum atomic E-state index is 14.2. The summed E-state index contributed by atoms with van der Waals surface area (Å²) in [5.41, 5.74) is 3.79. The molecule has 47 heavy (non-hydrogen) atoms. The highest BCUT2D eigenvalue weighted by Crippen LogP contribution is 2.38. The van der Waals surface area contributed by atoms with Crippen molar-refractivity contribution in [1.82, 2.24) is 14.7 Å². The lowest BCUT2D eigenvalue weighted by Gasteiger charge is -2.46. The highest BCUT2D eigenvalue weighted by atomic mass is 16.7. The molecule has 0 bridgehead atoms. The summed E-state index contributed by atoms with van der Waals surface area (Å²) in [6, 6.07) is -0.611. The fourth-order valence-corrected chi connectivity index (χ4v) is 8.37. The number of ketones is 1. The quantitative estimate of drug-likeness (QED) is 0.318. The molecule has 0 saturated carbocycles. The van der Waals surface area contributed by atoms with Crippen molar-refractivity contribution >= 4 is 17.7 Å². The average Bonchev–Trinajstić information content (AvgIpc) is 3.53. The summed E-state index contributed by atoms with van der Waals surface area (Å²) in [5, 5.41) is 10.9. The number of aliphatic hydroxyl groups is 1. The molecule has 12 heteroatoms. The van der Waals surface area contributed by atoms with Gasteiger partial charge in [0.1, 0.15) is 18.1 Å². The Balaban J connectivity index is 1.55. The van der Waals surface area contributed by atoms with Crippen LogP contribution in [0.5, 0.6) is 0 Å². The van der Waals surface area contributed by atoms with Gasteiger partial charge in [-0.1, -0.05) is 13.8 Å². The molecule has 9 atom stereocenters. The Labute approximate surface area is 281 Å². The lowest BCUT2D eigenvalue weighted by atomic mass is 9.74. The van der Waals surface area contributed by atoms with Gasteiger partial charge in [0.05, 0.1) is 24.4 Å². The second-order valence-corrected chi connectivity index (χ2v) is 15.7. The first kappa shape index (κ1) is 38.1.